The molecule has 1 atom stereocenters. The molecule has 0 saturated carbocycles. The average molecular weight is 275 g/mol. The van der Waals surface area contributed by atoms with E-state index in [2.05, 4.69) is 15.5 Å². The van der Waals surface area contributed by atoms with E-state index in [1.165, 1.54) is 6.07 Å². The number of nitrogens with one attached hydrogen (secondary N) is 1. The van der Waals surface area contributed by atoms with Crippen LogP contribution in [0, 0.1) is 5.92 Å². The minimum atomic E-state index is -4.45. The van der Waals surface area contributed by atoms with Gasteiger partial charge in [0.15, 0.2) is 5.69 Å². The maximum Gasteiger partial charge on any atom is 0.435 e. The van der Waals surface area contributed by atoms with Gasteiger partial charge in [0.05, 0.1) is 0 Å². The molecule has 0 spiro atoms. The molecule has 19 heavy (non-hydrogen) atoms. The zero-order valence-corrected chi connectivity index (χ0v) is 10.6. The number of anilines is 1. The third-order valence-corrected chi connectivity index (χ3v) is 3.30. The average Bonchev–Trinajstić information content (AvgIpc) is 2.39. The summed E-state index contributed by atoms with van der Waals surface area (Å²) in [5.74, 6) is 0.810. The summed E-state index contributed by atoms with van der Waals surface area (Å²) in [5.41, 5.74) is -0.975. The molecule has 106 valence electrons. The van der Waals surface area contributed by atoms with Gasteiger partial charge in [-0.1, -0.05) is 0 Å². The fourth-order valence-corrected chi connectivity index (χ4v) is 2.13. The standard InChI is InChI=1S/C12H16F3N3O/c1-8(9-4-6-19-7-5-9)16-11-3-2-10(17-18-11)12(13,14)15/h2-3,8-9H,4-7H2,1H3,(H,16,18). The number of hydrogen-bond donors (Lipinski definition) is 1. The van der Waals surface area contributed by atoms with Crippen LogP contribution in [0.25, 0.3) is 0 Å². The quantitative estimate of drug-likeness (QED) is 0.921. The van der Waals surface area contributed by atoms with Crippen molar-refractivity contribution in [3.8, 4) is 0 Å². The molecule has 1 aliphatic heterocycles. The highest BCUT2D eigenvalue weighted by molar-refractivity contribution is 5.34. The third-order valence-electron chi connectivity index (χ3n) is 3.30. The molecule has 1 aromatic heterocycles. The van der Waals surface area contributed by atoms with Crippen LogP contribution in [0.1, 0.15) is 25.5 Å². The number of hydrogen-bond acceptors (Lipinski definition) is 4. The van der Waals surface area contributed by atoms with Crippen LogP contribution in [0.2, 0.25) is 0 Å². The van der Waals surface area contributed by atoms with Crippen molar-refractivity contribution in [3.63, 3.8) is 0 Å². The van der Waals surface area contributed by atoms with Crippen LogP contribution in [0.15, 0.2) is 12.1 Å². The summed E-state index contributed by atoms with van der Waals surface area (Å²) in [4.78, 5) is 0. The van der Waals surface area contributed by atoms with Crippen LogP contribution in [0.3, 0.4) is 0 Å². The van der Waals surface area contributed by atoms with E-state index >= 15 is 0 Å². The molecule has 0 radical (unpaired) electrons. The molecule has 1 aliphatic rings. The molecule has 1 N–H and O–H groups in total. The van der Waals surface area contributed by atoms with Gasteiger partial charge >= 0.3 is 6.18 Å². The summed E-state index contributed by atoms with van der Waals surface area (Å²) in [7, 11) is 0. The lowest BCUT2D eigenvalue weighted by Gasteiger charge is -2.28. The van der Waals surface area contributed by atoms with Gasteiger partial charge in [-0.05, 0) is 37.8 Å². The maximum absolute atomic E-state index is 12.3. The van der Waals surface area contributed by atoms with Gasteiger partial charge in [-0.2, -0.15) is 13.2 Å². The number of aromatic nitrogens is 2. The van der Waals surface area contributed by atoms with Crippen molar-refractivity contribution < 1.29 is 17.9 Å². The predicted molar refractivity (Wildman–Crippen MR) is 63.7 cm³/mol. The molecule has 0 aromatic carbocycles. The second-order valence-electron chi connectivity index (χ2n) is 4.68. The predicted octanol–water partition coefficient (Wildman–Crippen LogP) is 2.72. The molecule has 0 bridgehead atoms. The third kappa shape index (κ3) is 3.79. The van der Waals surface area contributed by atoms with Crippen LogP contribution in [-0.4, -0.2) is 29.5 Å². The van der Waals surface area contributed by atoms with Gasteiger partial charge in [-0.15, -0.1) is 10.2 Å². The first-order valence-corrected chi connectivity index (χ1v) is 6.22. The fraction of sp³-hybridized carbons (Fsp3) is 0.667. The van der Waals surface area contributed by atoms with Crippen molar-refractivity contribution in [2.75, 3.05) is 18.5 Å². The Labute approximate surface area is 109 Å². The number of alkyl halides is 3. The lowest BCUT2D eigenvalue weighted by atomic mass is 9.93. The lowest BCUT2D eigenvalue weighted by Crippen LogP contribution is -2.31. The summed E-state index contributed by atoms with van der Waals surface area (Å²) in [5, 5.41) is 9.85. The van der Waals surface area contributed by atoms with E-state index < -0.39 is 11.9 Å². The van der Waals surface area contributed by atoms with Gasteiger partial charge < -0.3 is 10.1 Å². The van der Waals surface area contributed by atoms with Crippen LogP contribution in [0.4, 0.5) is 19.0 Å². The number of rotatable bonds is 3. The smallest absolute Gasteiger partial charge is 0.381 e. The van der Waals surface area contributed by atoms with E-state index in [-0.39, 0.29) is 6.04 Å². The maximum atomic E-state index is 12.3. The Balaban J connectivity index is 1.95. The molecule has 0 amide bonds. The Morgan fingerprint density at radius 1 is 1.26 bits per heavy atom. The summed E-state index contributed by atoms with van der Waals surface area (Å²) in [6.45, 7) is 3.46. The summed E-state index contributed by atoms with van der Waals surface area (Å²) >= 11 is 0. The summed E-state index contributed by atoms with van der Waals surface area (Å²) < 4.78 is 42.3. The zero-order chi connectivity index (χ0) is 13.9. The Bertz CT molecular complexity index is 402. The largest absolute Gasteiger partial charge is 0.435 e. The second kappa shape index (κ2) is 5.73. The van der Waals surface area contributed by atoms with Crippen LogP contribution >= 0.6 is 0 Å². The number of ether oxygens (including phenoxy) is 1. The van der Waals surface area contributed by atoms with E-state index in [9.17, 15) is 13.2 Å². The number of halogens is 3. The summed E-state index contributed by atoms with van der Waals surface area (Å²) in [6, 6.07) is 2.38. The molecular formula is C12H16F3N3O. The SMILES string of the molecule is CC(Nc1ccc(C(F)(F)F)nn1)C1CCOCC1. The highest BCUT2D eigenvalue weighted by Crippen LogP contribution is 2.27. The van der Waals surface area contributed by atoms with Gasteiger partial charge in [0.2, 0.25) is 0 Å². The lowest BCUT2D eigenvalue weighted by molar-refractivity contribution is -0.141. The Morgan fingerprint density at radius 2 is 1.95 bits per heavy atom. The van der Waals surface area contributed by atoms with Crippen molar-refractivity contribution >= 4 is 5.82 Å². The van der Waals surface area contributed by atoms with Crippen LogP contribution in [0.5, 0.6) is 0 Å². The van der Waals surface area contributed by atoms with Crippen molar-refractivity contribution in [2.45, 2.75) is 32.0 Å². The molecule has 4 nitrogen and oxygen atoms in total. The molecule has 1 aromatic rings. The normalized spacial score (nSPS) is 19.2. The Morgan fingerprint density at radius 3 is 2.47 bits per heavy atom. The minimum absolute atomic E-state index is 0.134. The minimum Gasteiger partial charge on any atom is -0.381 e. The van der Waals surface area contributed by atoms with Gasteiger partial charge in [0.1, 0.15) is 5.82 Å². The second-order valence-corrected chi connectivity index (χ2v) is 4.68. The van der Waals surface area contributed by atoms with Gasteiger partial charge in [-0.25, -0.2) is 0 Å². The summed E-state index contributed by atoms with van der Waals surface area (Å²) in [6.07, 6.45) is -2.55. The van der Waals surface area contributed by atoms with Crippen molar-refractivity contribution in [2.24, 2.45) is 5.92 Å². The van der Waals surface area contributed by atoms with E-state index in [0.29, 0.717) is 11.7 Å². The van der Waals surface area contributed by atoms with Gasteiger partial charge in [0.25, 0.3) is 0 Å². The van der Waals surface area contributed by atoms with Gasteiger partial charge in [-0.3, -0.25) is 0 Å². The zero-order valence-electron chi connectivity index (χ0n) is 10.6. The highest BCUT2D eigenvalue weighted by Gasteiger charge is 2.33. The van der Waals surface area contributed by atoms with Gasteiger partial charge in [0, 0.05) is 19.3 Å². The Hall–Kier alpha value is -1.37. The van der Waals surface area contributed by atoms with Crippen molar-refractivity contribution in [3.05, 3.63) is 17.8 Å². The molecule has 2 heterocycles. The van der Waals surface area contributed by atoms with E-state index in [1.54, 1.807) is 0 Å². The van der Waals surface area contributed by atoms with Crippen molar-refractivity contribution in [1.82, 2.24) is 10.2 Å². The van der Waals surface area contributed by atoms with E-state index in [0.717, 1.165) is 32.1 Å². The molecule has 0 aliphatic carbocycles. The van der Waals surface area contributed by atoms with E-state index in [1.807, 2.05) is 6.92 Å². The topological polar surface area (TPSA) is 47.0 Å². The first-order valence-electron chi connectivity index (χ1n) is 6.22. The first kappa shape index (κ1) is 14.0. The molecule has 7 heteroatoms. The van der Waals surface area contributed by atoms with Crippen LogP contribution in [-0.2, 0) is 10.9 Å². The monoisotopic (exact) mass is 275 g/mol. The molecule has 1 fully saturated rings. The molecule has 2 rings (SSSR count). The Kier molecular flexibility index (Phi) is 4.24. The first-order chi connectivity index (χ1) is 8.97. The highest BCUT2D eigenvalue weighted by atomic mass is 19.4. The molecular weight excluding hydrogens is 259 g/mol. The molecule has 1 unspecified atom stereocenters. The number of nitrogens with zero attached hydrogens (tertiary/aromatic N) is 2. The fourth-order valence-electron chi connectivity index (χ4n) is 2.13. The van der Waals surface area contributed by atoms with Crippen molar-refractivity contribution in [1.29, 1.82) is 0 Å². The van der Waals surface area contributed by atoms with Crippen LogP contribution < -0.4 is 5.32 Å². The van der Waals surface area contributed by atoms with E-state index in [4.69, 9.17) is 4.74 Å². The molecule has 1 saturated heterocycles.